The van der Waals surface area contributed by atoms with Crippen LogP contribution in [0.25, 0.3) is 11.3 Å². The summed E-state index contributed by atoms with van der Waals surface area (Å²) in [6.45, 7) is 4.81. The van der Waals surface area contributed by atoms with Gasteiger partial charge in [0.1, 0.15) is 5.82 Å². The Hall–Kier alpha value is -2.14. The molecular formula is C22H31N5. The second-order valence-corrected chi connectivity index (χ2v) is 7.92. The predicted octanol–water partition coefficient (Wildman–Crippen LogP) is 3.53. The van der Waals surface area contributed by atoms with Gasteiger partial charge in [-0.05, 0) is 70.1 Å². The predicted molar refractivity (Wildman–Crippen MR) is 112 cm³/mol. The van der Waals surface area contributed by atoms with Gasteiger partial charge in [0.2, 0.25) is 5.95 Å². The highest BCUT2D eigenvalue weighted by Gasteiger charge is 2.22. The number of nitrogens with zero attached hydrogens (tertiary/aromatic N) is 4. The maximum Gasteiger partial charge on any atom is 0.222 e. The third-order valence-corrected chi connectivity index (χ3v) is 5.93. The van der Waals surface area contributed by atoms with E-state index in [1.807, 2.05) is 0 Å². The molecule has 1 aliphatic carbocycles. The van der Waals surface area contributed by atoms with Crippen molar-refractivity contribution in [3.63, 3.8) is 0 Å². The first-order valence-electron chi connectivity index (χ1n) is 10.4. The maximum absolute atomic E-state index is 6.11. The summed E-state index contributed by atoms with van der Waals surface area (Å²) in [6, 6.07) is 8.59. The molecule has 4 rings (SSSR count). The molecule has 2 aromatic rings. The van der Waals surface area contributed by atoms with Gasteiger partial charge in [0.25, 0.3) is 0 Å². The smallest absolute Gasteiger partial charge is 0.222 e. The van der Waals surface area contributed by atoms with Crippen LogP contribution < -0.4 is 10.6 Å². The van der Waals surface area contributed by atoms with Crippen LogP contribution in [0.3, 0.4) is 0 Å². The molecule has 2 aliphatic rings. The molecule has 5 nitrogen and oxygen atoms in total. The first kappa shape index (κ1) is 18.2. The fourth-order valence-corrected chi connectivity index (χ4v) is 4.48. The number of hydrogen-bond acceptors (Lipinski definition) is 5. The third-order valence-electron chi connectivity index (χ3n) is 5.93. The fraction of sp³-hybridized carbons (Fsp3) is 0.545. The number of fused-ring (bicyclic) bond motifs is 3. The van der Waals surface area contributed by atoms with Gasteiger partial charge in [-0.3, -0.25) is 0 Å². The van der Waals surface area contributed by atoms with Crippen molar-refractivity contribution >= 4 is 11.8 Å². The summed E-state index contributed by atoms with van der Waals surface area (Å²) < 4.78 is 0. The Kier molecular flexibility index (Phi) is 5.58. The van der Waals surface area contributed by atoms with Gasteiger partial charge in [-0.25, -0.2) is 4.98 Å². The molecule has 0 amide bonds. The average molecular weight is 366 g/mol. The number of unbranched alkanes of at least 4 members (excludes halogenated alkanes) is 1. The summed E-state index contributed by atoms with van der Waals surface area (Å²) in [6.07, 6.45) is 8.40. The van der Waals surface area contributed by atoms with E-state index < -0.39 is 0 Å². The van der Waals surface area contributed by atoms with E-state index >= 15 is 0 Å². The molecule has 0 atom stereocenters. The molecule has 0 radical (unpaired) electrons. The van der Waals surface area contributed by atoms with Crippen molar-refractivity contribution < 1.29 is 0 Å². The highest BCUT2D eigenvalue weighted by Crippen LogP contribution is 2.35. The number of anilines is 2. The van der Waals surface area contributed by atoms with Gasteiger partial charge in [0.05, 0.1) is 5.69 Å². The molecule has 0 spiro atoms. The van der Waals surface area contributed by atoms with E-state index in [0.29, 0.717) is 5.95 Å². The number of aromatic nitrogens is 2. The van der Waals surface area contributed by atoms with Crippen molar-refractivity contribution in [2.75, 3.05) is 43.9 Å². The van der Waals surface area contributed by atoms with Crippen LogP contribution in [0.5, 0.6) is 0 Å². The summed E-state index contributed by atoms with van der Waals surface area (Å²) in [5.74, 6) is 1.40. The quantitative estimate of drug-likeness (QED) is 0.794. The van der Waals surface area contributed by atoms with E-state index in [1.54, 1.807) is 0 Å². The molecule has 2 N–H and O–H groups in total. The SMILES string of the molecule is CN(CCCCN1CCCC1)c1nc(N)nc2c1CCCc1ccccc1-2. The van der Waals surface area contributed by atoms with Crippen molar-refractivity contribution in [2.45, 2.75) is 44.9 Å². The van der Waals surface area contributed by atoms with Gasteiger partial charge in [0, 0.05) is 24.7 Å². The molecular weight excluding hydrogens is 334 g/mol. The Bertz CT molecular complexity index is 782. The molecule has 0 bridgehead atoms. The molecule has 0 saturated carbocycles. The van der Waals surface area contributed by atoms with Crippen molar-refractivity contribution in [2.24, 2.45) is 0 Å². The molecule has 1 aliphatic heterocycles. The van der Waals surface area contributed by atoms with E-state index in [2.05, 4.69) is 51.1 Å². The van der Waals surface area contributed by atoms with Gasteiger partial charge < -0.3 is 15.5 Å². The first-order valence-corrected chi connectivity index (χ1v) is 10.4. The second kappa shape index (κ2) is 8.26. The van der Waals surface area contributed by atoms with Crippen LogP contribution in [0.15, 0.2) is 24.3 Å². The minimum Gasteiger partial charge on any atom is -0.368 e. The summed E-state index contributed by atoms with van der Waals surface area (Å²) in [5.41, 5.74) is 11.0. The van der Waals surface area contributed by atoms with Crippen LogP contribution in [-0.4, -0.2) is 48.1 Å². The molecule has 5 heteroatoms. The van der Waals surface area contributed by atoms with E-state index in [1.165, 1.54) is 62.0 Å². The van der Waals surface area contributed by atoms with Gasteiger partial charge in [-0.1, -0.05) is 24.3 Å². The lowest BCUT2D eigenvalue weighted by molar-refractivity contribution is 0.330. The monoisotopic (exact) mass is 365 g/mol. The maximum atomic E-state index is 6.11. The van der Waals surface area contributed by atoms with E-state index in [0.717, 1.165) is 37.3 Å². The van der Waals surface area contributed by atoms with Crippen molar-refractivity contribution in [3.05, 3.63) is 35.4 Å². The molecule has 1 saturated heterocycles. The van der Waals surface area contributed by atoms with Crippen LogP contribution in [-0.2, 0) is 12.8 Å². The van der Waals surface area contributed by atoms with Gasteiger partial charge in [0.15, 0.2) is 0 Å². The largest absolute Gasteiger partial charge is 0.368 e. The molecule has 0 unspecified atom stereocenters. The highest BCUT2D eigenvalue weighted by atomic mass is 15.2. The molecule has 1 aromatic heterocycles. The summed E-state index contributed by atoms with van der Waals surface area (Å²) >= 11 is 0. The van der Waals surface area contributed by atoms with E-state index in [9.17, 15) is 0 Å². The molecule has 27 heavy (non-hydrogen) atoms. The number of nitrogens with two attached hydrogens (primary N) is 1. The van der Waals surface area contributed by atoms with Gasteiger partial charge >= 0.3 is 0 Å². The zero-order valence-electron chi connectivity index (χ0n) is 16.5. The van der Waals surface area contributed by atoms with Crippen LogP contribution >= 0.6 is 0 Å². The molecule has 144 valence electrons. The second-order valence-electron chi connectivity index (χ2n) is 7.92. The van der Waals surface area contributed by atoms with Crippen molar-refractivity contribution in [1.29, 1.82) is 0 Å². The van der Waals surface area contributed by atoms with Gasteiger partial charge in [-0.15, -0.1) is 0 Å². The topological polar surface area (TPSA) is 58.3 Å². The number of aryl methyl sites for hydroxylation is 1. The average Bonchev–Trinajstić information content (AvgIpc) is 3.12. The van der Waals surface area contributed by atoms with Crippen LogP contribution in [0, 0.1) is 0 Å². The van der Waals surface area contributed by atoms with E-state index in [-0.39, 0.29) is 0 Å². The fourth-order valence-electron chi connectivity index (χ4n) is 4.48. The molecule has 2 heterocycles. The summed E-state index contributed by atoms with van der Waals surface area (Å²) in [4.78, 5) is 14.2. The standard InChI is InChI=1S/C22H31N5/c1-26(13-4-5-14-27-15-6-7-16-27)21-19-12-8-10-17-9-2-3-11-18(17)20(19)24-22(23)25-21/h2-3,9,11H,4-8,10,12-16H2,1H3,(H2,23,24,25). The number of rotatable bonds is 6. The highest BCUT2D eigenvalue weighted by molar-refractivity contribution is 5.73. The number of benzene rings is 1. The third kappa shape index (κ3) is 4.08. The van der Waals surface area contributed by atoms with Crippen LogP contribution in [0.2, 0.25) is 0 Å². The summed E-state index contributed by atoms with van der Waals surface area (Å²) in [7, 11) is 2.15. The number of likely N-dealkylation sites (tertiary alicyclic amines) is 1. The molecule has 1 aromatic carbocycles. The molecule has 1 fully saturated rings. The lowest BCUT2D eigenvalue weighted by Crippen LogP contribution is -2.25. The normalized spacial score (nSPS) is 16.6. The minimum atomic E-state index is 0.379. The Morgan fingerprint density at radius 2 is 1.85 bits per heavy atom. The first-order chi connectivity index (χ1) is 13.2. The van der Waals surface area contributed by atoms with Crippen LogP contribution in [0.1, 0.15) is 43.2 Å². The van der Waals surface area contributed by atoms with Gasteiger partial charge in [-0.2, -0.15) is 4.98 Å². The summed E-state index contributed by atoms with van der Waals surface area (Å²) in [5, 5.41) is 0. The number of hydrogen-bond donors (Lipinski definition) is 1. The lowest BCUT2D eigenvalue weighted by atomic mass is 10.0. The number of nitrogen functional groups attached to an aromatic ring is 1. The Morgan fingerprint density at radius 1 is 1.04 bits per heavy atom. The lowest BCUT2D eigenvalue weighted by Gasteiger charge is -2.23. The minimum absolute atomic E-state index is 0.379. The van der Waals surface area contributed by atoms with Crippen molar-refractivity contribution in [3.8, 4) is 11.3 Å². The van der Waals surface area contributed by atoms with Crippen LogP contribution in [0.4, 0.5) is 11.8 Å². The zero-order chi connectivity index (χ0) is 18.6. The Labute approximate surface area is 162 Å². The van der Waals surface area contributed by atoms with E-state index in [4.69, 9.17) is 5.73 Å². The van der Waals surface area contributed by atoms with Crippen molar-refractivity contribution in [1.82, 2.24) is 14.9 Å². The zero-order valence-corrected chi connectivity index (χ0v) is 16.5. The Balaban J connectivity index is 1.50. The Morgan fingerprint density at radius 3 is 2.70 bits per heavy atom.